The summed E-state index contributed by atoms with van der Waals surface area (Å²) in [6.07, 6.45) is 0. The molecule has 3 rings (SSSR count). The molecule has 0 aliphatic rings. The molecule has 1 N–H and O–H groups in total. The number of aromatic nitrogens is 3. The molecule has 0 saturated carbocycles. The first-order chi connectivity index (χ1) is 8.83. The van der Waals surface area contributed by atoms with Crippen molar-refractivity contribution in [2.45, 2.75) is 0 Å². The Morgan fingerprint density at radius 1 is 1.00 bits per heavy atom. The third-order valence-corrected chi connectivity index (χ3v) is 3.31. The van der Waals surface area contributed by atoms with Crippen molar-refractivity contribution in [2.75, 3.05) is 0 Å². The third-order valence-electron chi connectivity index (χ3n) is 2.44. The molecule has 4 nitrogen and oxygen atoms in total. The number of nitrogens with zero attached hydrogens (tertiary/aromatic N) is 2. The number of benzene rings is 1. The summed E-state index contributed by atoms with van der Waals surface area (Å²) >= 11 is 1.51. The van der Waals surface area contributed by atoms with Gasteiger partial charge in [0.2, 0.25) is 0 Å². The van der Waals surface area contributed by atoms with E-state index in [-0.39, 0.29) is 5.69 Å². The fraction of sp³-hybridized carbons (Fsp3) is 0. The lowest BCUT2D eigenvalue weighted by atomic mass is 10.2. The molecule has 2 aromatic heterocycles. The lowest BCUT2D eigenvalue weighted by molar-refractivity contribution is 1.01. The van der Waals surface area contributed by atoms with Crippen molar-refractivity contribution >= 4 is 11.3 Å². The zero-order chi connectivity index (χ0) is 12.4. The largest absolute Gasteiger partial charge is 0.348 e. The zero-order valence-electron chi connectivity index (χ0n) is 9.33. The predicted molar refractivity (Wildman–Crippen MR) is 71.4 cm³/mol. The van der Waals surface area contributed by atoms with Crippen LogP contribution in [0.1, 0.15) is 0 Å². The zero-order valence-corrected chi connectivity index (χ0v) is 10.1. The third kappa shape index (κ3) is 2.08. The lowest BCUT2D eigenvalue weighted by Gasteiger charge is -2.01. The monoisotopic (exact) mass is 255 g/mol. The normalized spacial score (nSPS) is 10.4. The van der Waals surface area contributed by atoms with Crippen LogP contribution < -0.4 is 5.69 Å². The minimum absolute atomic E-state index is 0.382. The van der Waals surface area contributed by atoms with Crippen LogP contribution >= 0.6 is 11.3 Å². The van der Waals surface area contributed by atoms with Gasteiger partial charge in [-0.3, -0.25) is 4.98 Å². The van der Waals surface area contributed by atoms with Gasteiger partial charge in [-0.15, -0.1) is 11.3 Å². The lowest BCUT2D eigenvalue weighted by Crippen LogP contribution is -2.14. The average Bonchev–Trinajstić information content (AvgIpc) is 2.93. The molecule has 0 unspecified atom stereocenters. The Balaban J connectivity index is 2.15. The van der Waals surface area contributed by atoms with Crippen molar-refractivity contribution in [1.82, 2.24) is 15.0 Å². The number of hydrogen-bond acceptors (Lipinski definition) is 4. The molecule has 0 saturated heterocycles. The van der Waals surface area contributed by atoms with Gasteiger partial charge in [0.25, 0.3) is 0 Å². The second-order valence-corrected chi connectivity index (χ2v) is 4.62. The average molecular weight is 255 g/mol. The molecule has 0 fully saturated rings. The molecule has 0 aliphatic heterocycles. The first kappa shape index (κ1) is 10.9. The highest BCUT2D eigenvalue weighted by Crippen LogP contribution is 2.21. The predicted octanol–water partition coefficient (Wildman–Crippen LogP) is 2.56. The maximum absolute atomic E-state index is 11.6. The van der Waals surface area contributed by atoms with Gasteiger partial charge in [0, 0.05) is 5.56 Å². The molecule has 18 heavy (non-hydrogen) atoms. The Labute approximate surface area is 107 Å². The van der Waals surface area contributed by atoms with Gasteiger partial charge in [-0.1, -0.05) is 36.4 Å². The summed E-state index contributed by atoms with van der Waals surface area (Å²) in [6, 6.07) is 13.3. The minimum atomic E-state index is -0.382. The summed E-state index contributed by atoms with van der Waals surface area (Å²) in [7, 11) is 0. The van der Waals surface area contributed by atoms with Gasteiger partial charge < -0.3 is 0 Å². The first-order valence-corrected chi connectivity index (χ1v) is 6.28. The van der Waals surface area contributed by atoms with Gasteiger partial charge in [0.1, 0.15) is 5.82 Å². The van der Waals surface area contributed by atoms with E-state index in [4.69, 9.17) is 0 Å². The minimum Gasteiger partial charge on any atom is -0.290 e. The molecule has 88 valence electrons. The molecular formula is C13H9N3OS. The van der Waals surface area contributed by atoms with E-state index >= 15 is 0 Å². The van der Waals surface area contributed by atoms with E-state index in [1.165, 1.54) is 11.3 Å². The van der Waals surface area contributed by atoms with Crippen molar-refractivity contribution in [1.29, 1.82) is 0 Å². The number of nitrogens with one attached hydrogen (secondary N) is 1. The van der Waals surface area contributed by atoms with Crippen LogP contribution in [0.25, 0.3) is 22.1 Å². The molecule has 1 aromatic carbocycles. The quantitative estimate of drug-likeness (QED) is 0.765. The first-order valence-electron chi connectivity index (χ1n) is 5.40. The molecule has 0 amide bonds. The van der Waals surface area contributed by atoms with Crippen molar-refractivity contribution in [2.24, 2.45) is 0 Å². The second-order valence-electron chi connectivity index (χ2n) is 3.67. The van der Waals surface area contributed by atoms with E-state index in [9.17, 15) is 4.79 Å². The molecule has 0 radical (unpaired) electrons. The van der Waals surface area contributed by atoms with Crippen LogP contribution in [0.15, 0.2) is 52.6 Å². The van der Waals surface area contributed by atoms with Crippen LogP contribution in [0, 0.1) is 0 Å². The summed E-state index contributed by atoms with van der Waals surface area (Å²) < 4.78 is 0. The highest BCUT2D eigenvalue weighted by molar-refractivity contribution is 7.13. The fourth-order valence-electron chi connectivity index (χ4n) is 1.63. The summed E-state index contributed by atoms with van der Waals surface area (Å²) in [5, 5.41) is 1.93. The van der Waals surface area contributed by atoms with Crippen LogP contribution in [0.5, 0.6) is 0 Å². The van der Waals surface area contributed by atoms with Gasteiger partial charge in [-0.05, 0) is 11.4 Å². The summed E-state index contributed by atoms with van der Waals surface area (Å²) in [4.78, 5) is 23.4. The van der Waals surface area contributed by atoms with E-state index in [0.29, 0.717) is 11.6 Å². The van der Waals surface area contributed by atoms with Gasteiger partial charge in [0.05, 0.1) is 4.88 Å². The number of rotatable bonds is 2. The molecule has 3 aromatic rings. The Kier molecular flexibility index (Phi) is 2.74. The molecular weight excluding hydrogens is 246 g/mol. The van der Waals surface area contributed by atoms with Crippen molar-refractivity contribution in [3.8, 4) is 22.1 Å². The highest BCUT2D eigenvalue weighted by Gasteiger charge is 2.07. The van der Waals surface area contributed by atoms with E-state index in [0.717, 1.165) is 10.4 Å². The van der Waals surface area contributed by atoms with Crippen LogP contribution in [-0.2, 0) is 0 Å². The Morgan fingerprint density at radius 2 is 1.83 bits per heavy atom. The molecule has 0 bridgehead atoms. The van der Waals surface area contributed by atoms with Gasteiger partial charge >= 0.3 is 5.69 Å². The molecule has 0 atom stereocenters. The van der Waals surface area contributed by atoms with E-state index in [1.54, 1.807) is 0 Å². The van der Waals surface area contributed by atoms with Crippen LogP contribution in [0.3, 0.4) is 0 Å². The Morgan fingerprint density at radius 3 is 2.56 bits per heavy atom. The Bertz CT molecular complexity index is 705. The summed E-state index contributed by atoms with van der Waals surface area (Å²) in [5.41, 5.74) is 0.488. The van der Waals surface area contributed by atoms with E-state index in [2.05, 4.69) is 15.0 Å². The molecule has 5 heteroatoms. The number of hydrogen-bond donors (Lipinski definition) is 1. The Hall–Kier alpha value is -2.27. The van der Waals surface area contributed by atoms with Crippen molar-refractivity contribution < 1.29 is 0 Å². The topological polar surface area (TPSA) is 58.6 Å². The highest BCUT2D eigenvalue weighted by atomic mass is 32.1. The second kappa shape index (κ2) is 4.54. The van der Waals surface area contributed by atoms with Crippen molar-refractivity contribution in [3.05, 3.63) is 58.3 Å². The SMILES string of the molecule is O=c1nc(-c2cccs2)nc(-c2ccccc2)[nH]1. The van der Waals surface area contributed by atoms with Crippen LogP contribution in [-0.4, -0.2) is 15.0 Å². The van der Waals surface area contributed by atoms with Gasteiger partial charge in [-0.2, -0.15) is 4.98 Å². The molecule has 2 heterocycles. The standard InChI is InChI=1S/C13H9N3OS/c17-13-15-11(9-5-2-1-3-6-9)14-12(16-13)10-7-4-8-18-10/h1-8H,(H,14,15,16,17). The maximum atomic E-state index is 11.6. The van der Waals surface area contributed by atoms with Gasteiger partial charge in [-0.25, -0.2) is 9.78 Å². The van der Waals surface area contributed by atoms with Crippen molar-refractivity contribution in [3.63, 3.8) is 0 Å². The van der Waals surface area contributed by atoms with Crippen LogP contribution in [0.4, 0.5) is 0 Å². The number of thiophene rings is 1. The smallest absolute Gasteiger partial charge is 0.290 e. The van der Waals surface area contributed by atoms with Crippen LogP contribution in [0.2, 0.25) is 0 Å². The summed E-state index contributed by atoms with van der Waals surface area (Å²) in [6.45, 7) is 0. The van der Waals surface area contributed by atoms with E-state index in [1.807, 2.05) is 47.8 Å². The molecule has 0 aliphatic carbocycles. The maximum Gasteiger partial charge on any atom is 0.348 e. The number of aromatic amines is 1. The number of H-pyrrole nitrogens is 1. The fourth-order valence-corrected chi connectivity index (χ4v) is 2.29. The van der Waals surface area contributed by atoms with E-state index < -0.39 is 0 Å². The van der Waals surface area contributed by atoms with Gasteiger partial charge in [0.15, 0.2) is 5.82 Å². The molecule has 0 spiro atoms. The summed E-state index contributed by atoms with van der Waals surface area (Å²) in [5.74, 6) is 1.01.